The van der Waals surface area contributed by atoms with Crippen molar-refractivity contribution in [2.24, 2.45) is 0 Å². The molecule has 0 saturated carbocycles. The maximum atomic E-state index is 12.4. The van der Waals surface area contributed by atoms with Gasteiger partial charge >= 0.3 is 6.09 Å². The number of nitrogens with zero attached hydrogens (tertiary/aromatic N) is 2. The molecule has 0 aromatic heterocycles. The van der Waals surface area contributed by atoms with Gasteiger partial charge in [-0.25, -0.2) is 4.79 Å². The molecule has 7 heteroatoms. The second-order valence-electron chi connectivity index (χ2n) is 5.95. The fraction of sp³-hybridized carbons (Fsp3) is 0.529. The molecule has 0 aliphatic carbocycles. The van der Waals surface area contributed by atoms with Gasteiger partial charge in [-0.3, -0.25) is 4.79 Å². The van der Waals surface area contributed by atoms with E-state index in [9.17, 15) is 9.59 Å². The zero-order chi connectivity index (χ0) is 17.4. The summed E-state index contributed by atoms with van der Waals surface area (Å²) in [7, 11) is 1.73. The van der Waals surface area contributed by atoms with Crippen LogP contribution in [0.25, 0.3) is 0 Å². The van der Waals surface area contributed by atoms with Gasteiger partial charge in [-0.2, -0.15) is 0 Å². The van der Waals surface area contributed by atoms with Crippen LogP contribution in [0.3, 0.4) is 0 Å². The van der Waals surface area contributed by atoms with Gasteiger partial charge in [0.2, 0.25) is 0 Å². The van der Waals surface area contributed by atoms with Crippen LogP contribution in [-0.2, 0) is 0 Å². The van der Waals surface area contributed by atoms with Crippen LogP contribution in [0.2, 0.25) is 0 Å². The fourth-order valence-corrected chi connectivity index (χ4v) is 2.75. The summed E-state index contributed by atoms with van der Waals surface area (Å²) in [4.78, 5) is 26.7. The fourth-order valence-electron chi connectivity index (χ4n) is 2.75. The standard InChI is InChI=1S/C17H26N4O3/c1-20(11-3-9-19-17(23)24)16(22)14-4-6-15(7-5-14)21-12-2-8-18-10-13-21/h4-7,18-19H,2-3,8-13H2,1H3,(H,23,24). The summed E-state index contributed by atoms with van der Waals surface area (Å²) >= 11 is 0. The van der Waals surface area contributed by atoms with E-state index in [2.05, 4.69) is 15.5 Å². The van der Waals surface area contributed by atoms with Gasteiger partial charge in [0.15, 0.2) is 0 Å². The second kappa shape index (κ2) is 9.12. The third kappa shape index (κ3) is 5.42. The van der Waals surface area contributed by atoms with Crippen molar-refractivity contribution < 1.29 is 14.7 Å². The highest BCUT2D eigenvalue weighted by atomic mass is 16.4. The van der Waals surface area contributed by atoms with Crippen molar-refractivity contribution in [3.63, 3.8) is 0 Å². The molecule has 1 aromatic carbocycles. The average molecular weight is 334 g/mol. The van der Waals surface area contributed by atoms with E-state index in [1.165, 1.54) is 0 Å². The molecule has 0 radical (unpaired) electrons. The van der Waals surface area contributed by atoms with Crippen molar-refractivity contribution in [3.8, 4) is 0 Å². The molecule has 7 nitrogen and oxygen atoms in total. The Hall–Kier alpha value is -2.28. The third-order valence-corrected chi connectivity index (χ3v) is 4.11. The van der Waals surface area contributed by atoms with E-state index in [4.69, 9.17) is 5.11 Å². The monoisotopic (exact) mass is 334 g/mol. The highest BCUT2D eigenvalue weighted by molar-refractivity contribution is 5.94. The first-order chi connectivity index (χ1) is 11.6. The number of rotatable bonds is 6. The number of carbonyl (C=O) groups excluding carboxylic acids is 1. The van der Waals surface area contributed by atoms with Crippen LogP contribution in [-0.4, -0.2) is 68.3 Å². The SMILES string of the molecule is CN(CCCNC(=O)O)C(=O)c1ccc(N2CCCNCC2)cc1. The Morgan fingerprint density at radius 3 is 2.71 bits per heavy atom. The van der Waals surface area contributed by atoms with E-state index in [0.29, 0.717) is 25.1 Å². The van der Waals surface area contributed by atoms with Gasteiger partial charge in [0, 0.05) is 51.0 Å². The van der Waals surface area contributed by atoms with Gasteiger partial charge in [0.1, 0.15) is 0 Å². The summed E-state index contributed by atoms with van der Waals surface area (Å²) in [5, 5.41) is 14.2. The van der Waals surface area contributed by atoms with E-state index in [1.807, 2.05) is 24.3 Å². The summed E-state index contributed by atoms with van der Waals surface area (Å²) in [5.74, 6) is -0.0468. The number of hydrogen-bond donors (Lipinski definition) is 3. The van der Waals surface area contributed by atoms with Gasteiger partial charge in [0.25, 0.3) is 5.91 Å². The summed E-state index contributed by atoms with van der Waals surface area (Å²) < 4.78 is 0. The Balaban J connectivity index is 1.86. The molecule has 24 heavy (non-hydrogen) atoms. The minimum atomic E-state index is -1.04. The first-order valence-electron chi connectivity index (χ1n) is 8.36. The molecule has 3 N–H and O–H groups in total. The zero-order valence-corrected chi connectivity index (χ0v) is 14.1. The minimum Gasteiger partial charge on any atom is -0.465 e. The van der Waals surface area contributed by atoms with E-state index in [1.54, 1.807) is 11.9 Å². The molecule has 0 spiro atoms. The molecule has 0 bridgehead atoms. The summed E-state index contributed by atoms with van der Waals surface area (Å²) in [5.41, 5.74) is 1.80. The lowest BCUT2D eigenvalue weighted by molar-refractivity contribution is 0.0794. The summed E-state index contributed by atoms with van der Waals surface area (Å²) in [6, 6.07) is 7.72. The van der Waals surface area contributed by atoms with Crippen molar-refractivity contribution in [1.29, 1.82) is 0 Å². The van der Waals surface area contributed by atoms with Crippen molar-refractivity contribution in [1.82, 2.24) is 15.5 Å². The molecule has 1 aromatic rings. The smallest absolute Gasteiger partial charge is 0.404 e. The van der Waals surface area contributed by atoms with Crippen LogP contribution in [0.15, 0.2) is 24.3 Å². The lowest BCUT2D eigenvalue weighted by Gasteiger charge is -2.23. The van der Waals surface area contributed by atoms with Crippen LogP contribution in [0.4, 0.5) is 10.5 Å². The third-order valence-electron chi connectivity index (χ3n) is 4.11. The number of hydrogen-bond acceptors (Lipinski definition) is 4. The number of carbonyl (C=O) groups is 2. The van der Waals surface area contributed by atoms with Crippen LogP contribution in [0.1, 0.15) is 23.2 Å². The molecule has 0 unspecified atom stereocenters. The number of anilines is 1. The van der Waals surface area contributed by atoms with Crippen LogP contribution >= 0.6 is 0 Å². The van der Waals surface area contributed by atoms with Crippen LogP contribution in [0, 0.1) is 0 Å². The van der Waals surface area contributed by atoms with E-state index >= 15 is 0 Å². The van der Waals surface area contributed by atoms with Gasteiger partial charge in [-0.1, -0.05) is 0 Å². The number of nitrogens with one attached hydrogen (secondary N) is 2. The van der Waals surface area contributed by atoms with Gasteiger partial charge in [0.05, 0.1) is 0 Å². The maximum Gasteiger partial charge on any atom is 0.404 e. The quantitative estimate of drug-likeness (QED) is 0.681. The lowest BCUT2D eigenvalue weighted by atomic mass is 10.1. The predicted octanol–water partition coefficient (Wildman–Crippen LogP) is 1.22. The van der Waals surface area contributed by atoms with Crippen molar-refractivity contribution in [2.75, 3.05) is 51.2 Å². The number of carboxylic acid groups (broad SMARTS) is 1. The molecule has 1 heterocycles. The zero-order valence-electron chi connectivity index (χ0n) is 14.1. The van der Waals surface area contributed by atoms with E-state index < -0.39 is 6.09 Å². The molecule has 0 atom stereocenters. The Bertz CT molecular complexity index is 539. The second-order valence-corrected chi connectivity index (χ2v) is 5.95. The Morgan fingerprint density at radius 2 is 2.00 bits per heavy atom. The number of benzene rings is 1. The Kier molecular flexibility index (Phi) is 6.87. The van der Waals surface area contributed by atoms with E-state index in [-0.39, 0.29) is 5.91 Å². The summed E-state index contributed by atoms with van der Waals surface area (Å²) in [6.45, 7) is 4.89. The molecule has 2 amide bonds. The average Bonchev–Trinajstić information content (AvgIpc) is 2.87. The molecule has 1 fully saturated rings. The topological polar surface area (TPSA) is 84.9 Å². The molecule has 1 aliphatic heterocycles. The highest BCUT2D eigenvalue weighted by Crippen LogP contribution is 2.17. The lowest BCUT2D eigenvalue weighted by Crippen LogP contribution is -2.31. The maximum absolute atomic E-state index is 12.4. The molecular formula is C17H26N4O3. The molecule has 1 saturated heterocycles. The molecule has 2 rings (SSSR count). The van der Waals surface area contributed by atoms with Crippen molar-refractivity contribution in [2.45, 2.75) is 12.8 Å². The Labute approximate surface area is 142 Å². The van der Waals surface area contributed by atoms with Gasteiger partial charge in [-0.15, -0.1) is 0 Å². The predicted molar refractivity (Wildman–Crippen MR) is 93.7 cm³/mol. The van der Waals surface area contributed by atoms with Crippen LogP contribution in [0.5, 0.6) is 0 Å². The first kappa shape index (κ1) is 18.1. The first-order valence-corrected chi connectivity index (χ1v) is 8.36. The molecule has 132 valence electrons. The highest BCUT2D eigenvalue weighted by Gasteiger charge is 2.13. The Morgan fingerprint density at radius 1 is 1.25 bits per heavy atom. The van der Waals surface area contributed by atoms with Gasteiger partial charge in [-0.05, 0) is 43.7 Å². The molecule has 1 aliphatic rings. The van der Waals surface area contributed by atoms with E-state index in [0.717, 1.165) is 38.3 Å². The largest absolute Gasteiger partial charge is 0.465 e. The molecular weight excluding hydrogens is 308 g/mol. The number of amides is 2. The summed E-state index contributed by atoms with van der Waals surface area (Å²) in [6.07, 6.45) is 0.671. The van der Waals surface area contributed by atoms with Gasteiger partial charge < -0.3 is 25.5 Å². The van der Waals surface area contributed by atoms with Crippen LogP contribution < -0.4 is 15.5 Å². The van der Waals surface area contributed by atoms with Crippen molar-refractivity contribution >= 4 is 17.7 Å². The normalized spacial score (nSPS) is 14.8. The minimum absolute atomic E-state index is 0.0468. The van der Waals surface area contributed by atoms with Crippen molar-refractivity contribution in [3.05, 3.63) is 29.8 Å².